The number of nitrogens with one attached hydrogen (secondary N) is 9. The monoisotopic (exact) mass is 1200 g/mol. The van der Waals surface area contributed by atoms with Crippen molar-refractivity contribution in [1.29, 1.82) is 0 Å². The van der Waals surface area contributed by atoms with E-state index in [1.807, 2.05) is 0 Å². The molecule has 0 aliphatic rings. The summed E-state index contributed by atoms with van der Waals surface area (Å²) in [5, 5.41) is 50.9. The Morgan fingerprint density at radius 3 is 1.19 bits per heavy atom. The van der Waals surface area contributed by atoms with Crippen LogP contribution in [0.25, 0.3) is 0 Å². The standard InChI is InChI=1S/C54H83N15O16/c1-4-28(2)45(54(85)64-35(10-6-8-22-56)48(79)62-34(9-5-7-21-55)49(80)67-39(25-42(59)73)47(78)61-27-44(75)76)69-53(84)38(24-31-13-17-33(71)18-14-31)66-52(83)40(26-43(60)74)68-50(81)36(19-20-41(58)72)63-51(82)37(65-46(77)29(3)57)23-30-11-15-32(70)16-12-30/h11-18,28-29,34-40,45,70-71H,4-10,19-27,55-57H2,1-3H3,(H2,58,72)(H2,59,73)(H2,60,74)(H,61,78)(H,62,79)(H,63,82)(H,64,85)(H,65,77)(H,66,83)(H,67,80)(H,68,81)(H,69,84)(H,75,76)/t28-,29-,34-,35-,36-,37-,38-,39-,40-,45-/m0/s1. The average Bonchev–Trinajstić information content (AvgIpc) is 3.54. The van der Waals surface area contributed by atoms with Crippen LogP contribution in [0.2, 0.25) is 0 Å². The summed E-state index contributed by atoms with van der Waals surface area (Å²) in [6, 6.07) is -2.60. The molecule has 0 aromatic heterocycles. The molecule has 0 fully saturated rings. The number of hydrogen-bond acceptors (Lipinski definition) is 18. The van der Waals surface area contributed by atoms with E-state index < -0.39 is 169 Å². The van der Waals surface area contributed by atoms with E-state index in [1.54, 1.807) is 13.8 Å². The molecular weight excluding hydrogens is 1110 g/mol. The second-order valence-corrected chi connectivity index (χ2v) is 20.4. The van der Waals surface area contributed by atoms with Crippen LogP contribution >= 0.6 is 0 Å². The van der Waals surface area contributed by atoms with Crippen LogP contribution < -0.4 is 82.3 Å². The van der Waals surface area contributed by atoms with Gasteiger partial charge in [0.05, 0.1) is 18.9 Å². The summed E-state index contributed by atoms with van der Waals surface area (Å²) in [6.45, 7) is 4.18. The molecule has 2 rings (SSSR count). The fourth-order valence-electron chi connectivity index (χ4n) is 8.22. The normalized spacial score (nSPS) is 14.5. The Morgan fingerprint density at radius 1 is 0.447 bits per heavy atom. The minimum atomic E-state index is -1.88. The number of amides is 12. The maximum Gasteiger partial charge on any atom is 0.322 e. The maximum atomic E-state index is 14.6. The van der Waals surface area contributed by atoms with Gasteiger partial charge in [0, 0.05) is 19.3 Å². The summed E-state index contributed by atoms with van der Waals surface area (Å²) in [6.07, 6.45) is -1.72. The molecule has 0 aliphatic carbocycles. The first kappa shape index (κ1) is 72.1. The molecule has 24 N–H and O–H groups in total. The molecule has 0 radical (unpaired) electrons. The number of carbonyl (C=O) groups excluding carboxylic acids is 12. The molecule has 12 amide bonds. The Morgan fingerprint density at radius 2 is 0.800 bits per heavy atom. The SMILES string of the molecule is CC[C@H](C)[C@H](NC(=O)[C@H](Cc1ccc(O)cc1)NC(=O)[C@H](CC(N)=O)NC(=O)[C@H](CCC(N)=O)NC(=O)[C@H](Cc1ccc(O)cc1)NC(=O)[C@H](C)N)C(=O)N[C@@H](CCCCN)C(=O)N[C@@H](CCCCN)C(=O)N[C@@H](CC(N)=O)C(=O)NCC(=O)O. The highest BCUT2D eigenvalue weighted by Gasteiger charge is 2.37. The molecule has 31 heteroatoms. The number of carbonyl (C=O) groups is 13. The lowest BCUT2D eigenvalue weighted by Crippen LogP contribution is -2.62. The molecule has 0 aliphatic heterocycles. The third kappa shape index (κ3) is 27.3. The van der Waals surface area contributed by atoms with Gasteiger partial charge in [0.1, 0.15) is 66.4 Å². The summed E-state index contributed by atoms with van der Waals surface area (Å²) >= 11 is 0. The first-order valence-electron chi connectivity index (χ1n) is 27.6. The second-order valence-electron chi connectivity index (χ2n) is 20.4. The highest BCUT2D eigenvalue weighted by molar-refractivity contribution is 6.00. The van der Waals surface area contributed by atoms with Crippen molar-refractivity contribution in [3.8, 4) is 11.5 Å². The van der Waals surface area contributed by atoms with Crippen molar-refractivity contribution in [2.75, 3.05) is 19.6 Å². The number of aliphatic carboxylic acids is 1. The van der Waals surface area contributed by atoms with Gasteiger partial charge in [-0.1, -0.05) is 44.5 Å². The van der Waals surface area contributed by atoms with Gasteiger partial charge in [-0.25, -0.2) is 0 Å². The Hall–Kier alpha value is -8.97. The third-order valence-corrected chi connectivity index (χ3v) is 13.2. The molecular formula is C54H83N15O16. The van der Waals surface area contributed by atoms with Crippen molar-refractivity contribution >= 4 is 76.9 Å². The van der Waals surface area contributed by atoms with Crippen molar-refractivity contribution in [2.45, 2.75) is 159 Å². The van der Waals surface area contributed by atoms with Crippen LogP contribution in [0.3, 0.4) is 0 Å². The first-order valence-corrected chi connectivity index (χ1v) is 27.6. The summed E-state index contributed by atoms with van der Waals surface area (Å²) in [4.78, 5) is 173. The molecule has 0 spiro atoms. The highest BCUT2D eigenvalue weighted by atomic mass is 16.4. The average molecular weight is 1200 g/mol. The zero-order valence-electron chi connectivity index (χ0n) is 47.8. The Kier molecular flexibility index (Phi) is 31.6. The molecule has 10 atom stereocenters. The number of aromatic hydroxyl groups is 2. The van der Waals surface area contributed by atoms with E-state index in [0.717, 1.165) is 0 Å². The van der Waals surface area contributed by atoms with E-state index in [0.29, 0.717) is 24.0 Å². The number of hydrogen-bond donors (Lipinski definition) is 18. The summed E-state index contributed by atoms with van der Waals surface area (Å²) in [7, 11) is 0. The number of phenols is 2. The zero-order valence-corrected chi connectivity index (χ0v) is 47.8. The largest absolute Gasteiger partial charge is 0.508 e. The van der Waals surface area contributed by atoms with Gasteiger partial charge >= 0.3 is 5.97 Å². The summed E-state index contributed by atoms with van der Waals surface area (Å²) in [5.74, 6) is -14.3. The number of carboxylic acids is 1. The predicted octanol–water partition coefficient (Wildman–Crippen LogP) is -5.37. The van der Waals surface area contributed by atoms with Crippen LogP contribution in [0.4, 0.5) is 0 Å². The van der Waals surface area contributed by atoms with E-state index >= 15 is 0 Å². The van der Waals surface area contributed by atoms with Gasteiger partial charge in [-0.2, -0.15) is 0 Å². The number of rotatable bonds is 40. The third-order valence-electron chi connectivity index (χ3n) is 13.2. The maximum absolute atomic E-state index is 14.6. The Bertz CT molecular complexity index is 2630. The molecule has 0 saturated carbocycles. The second kappa shape index (κ2) is 37.3. The van der Waals surface area contributed by atoms with Crippen LogP contribution in [0.5, 0.6) is 11.5 Å². The molecule has 470 valence electrons. The smallest absolute Gasteiger partial charge is 0.322 e. The molecule has 0 unspecified atom stereocenters. The Labute approximate surface area is 490 Å². The van der Waals surface area contributed by atoms with Crippen molar-refractivity contribution in [3.05, 3.63) is 59.7 Å². The number of nitrogens with two attached hydrogens (primary N) is 6. The summed E-state index contributed by atoms with van der Waals surface area (Å²) < 4.78 is 0. The predicted molar refractivity (Wildman–Crippen MR) is 305 cm³/mol. The van der Waals surface area contributed by atoms with Crippen molar-refractivity contribution in [2.24, 2.45) is 40.3 Å². The minimum absolute atomic E-state index is 0.0565. The molecule has 85 heavy (non-hydrogen) atoms. The lowest BCUT2D eigenvalue weighted by atomic mass is 9.96. The Balaban J connectivity index is 2.57. The van der Waals surface area contributed by atoms with Crippen LogP contribution in [-0.4, -0.2) is 166 Å². The van der Waals surface area contributed by atoms with Crippen LogP contribution in [0.1, 0.15) is 103 Å². The first-order chi connectivity index (χ1) is 40.1. The van der Waals surface area contributed by atoms with E-state index in [1.165, 1.54) is 55.5 Å². The van der Waals surface area contributed by atoms with Crippen LogP contribution in [-0.2, 0) is 75.2 Å². The molecule has 2 aromatic carbocycles. The van der Waals surface area contributed by atoms with E-state index in [-0.39, 0.29) is 69.5 Å². The van der Waals surface area contributed by atoms with Crippen molar-refractivity contribution in [3.63, 3.8) is 0 Å². The van der Waals surface area contributed by atoms with E-state index in [2.05, 4.69) is 47.9 Å². The number of unbranched alkanes of at least 4 members (excludes halogenated alkanes) is 2. The van der Waals surface area contributed by atoms with Gasteiger partial charge in [-0.3, -0.25) is 62.3 Å². The highest BCUT2D eigenvalue weighted by Crippen LogP contribution is 2.16. The quantitative estimate of drug-likeness (QED) is 0.0277. The number of phenolic OH excluding ortho intramolecular Hbond substituents is 2. The van der Waals surface area contributed by atoms with Crippen molar-refractivity contribution < 1.29 is 77.6 Å². The molecule has 0 bridgehead atoms. The van der Waals surface area contributed by atoms with Crippen LogP contribution in [0.15, 0.2) is 48.5 Å². The fourth-order valence-corrected chi connectivity index (χ4v) is 8.22. The van der Waals surface area contributed by atoms with Gasteiger partial charge in [-0.15, -0.1) is 0 Å². The van der Waals surface area contributed by atoms with Gasteiger partial charge in [0.15, 0.2) is 0 Å². The lowest BCUT2D eigenvalue weighted by molar-refractivity contribution is -0.139. The zero-order chi connectivity index (χ0) is 63.9. The number of primary amides is 3. The van der Waals surface area contributed by atoms with Crippen LogP contribution in [0, 0.1) is 5.92 Å². The minimum Gasteiger partial charge on any atom is -0.508 e. The number of carboxylic acid groups (broad SMARTS) is 1. The molecule has 2 aromatic rings. The molecule has 0 saturated heterocycles. The van der Waals surface area contributed by atoms with E-state index in [4.69, 9.17) is 39.5 Å². The molecule has 0 heterocycles. The lowest BCUT2D eigenvalue weighted by Gasteiger charge is -2.30. The topological polar surface area (TPSA) is 547 Å². The van der Waals surface area contributed by atoms with Gasteiger partial charge in [0.2, 0.25) is 70.9 Å². The van der Waals surface area contributed by atoms with Crippen molar-refractivity contribution in [1.82, 2.24) is 47.9 Å². The fraction of sp³-hybridized carbons (Fsp3) is 0.537. The summed E-state index contributed by atoms with van der Waals surface area (Å²) in [5.41, 5.74) is 34.2. The van der Waals surface area contributed by atoms with E-state index in [9.17, 15) is 72.5 Å². The molecule has 31 nitrogen and oxygen atoms in total. The van der Waals surface area contributed by atoms with Gasteiger partial charge in [0.25, 0.3) is 0 Å². The van der Waals surface area contributed by atoms with Gasteiger partial charge < -0.3 is 97.6 Å². The van der Waals surface area contributed by atoms with Gasteiger partial charge in [-0.05, 0) is 106 Å². The number of benzene rings is 2.